The van der Waals surface area contributed by atoms with Crippen molar-refractivity contribution >= 4 is 21.4 Å². The van der Waals surface area contributed by atoms with Gasteiger partial charge in [0.1, 0.15) is 5.75 Å². The van der Waals surface area contributed by atoms with Gasteiger partial charge in [-0.05, 0) is 49.1 Å². The Morgan fingerprint density at radius 2 is 1.70 bits per heavy atom. The predicted molar refractivity (Wildman–Crippen MR) is 118 cm³/mol. The number of carbonyl (C=O) groups is 1. The fourth-order valence-electron chi connectivity index (χ4n) is 3.66. The zero-order chi connectivity index (χ0) is 21.4. The maximum atomic E-state index is 12.6. The zero-order valence-corrected chi connectivity index (χ0v) is 17.9. The molecule has 0 aliphatic carbocycles. The number of amides is 1. The van der Waals surface area contributed by atoms with Crippen LogP contribution in [0.1, 0.15) is 24.0 Å². The van der Waals surface area contributed by atoms with Crippen LogP contribution in [0.5, 0.6) is 0 Å². The summed E-state index contributed by atoms with van der Waals surface area (Å²) in [6.45, 7) is 2.49. The molecule has 2 aromatic rings. The van der Waals surface area contributed by atoms with Gasteiger partial charge < -0.3 is 9.80 Å². The molecule has 1 aliphatic heterocycles. The Bertz CT molecular complexity index is 983. The lowest BCUT2D eigenvalue weighted by Gasteiger charge is -2.23. The number of anilines is 1. The molecule has 30 heavy (non-hydrogen) atoms. The van der Waals surface area contributed by atoms with Crippen LogP contribution in [0.15, 0.2) is 54.6 Å². The van der Waals surface area contributed by atoms with E-state index in [1.807, 2.05) is 42.5 Å². The third-order valence-electron chi connectivity index (χ3n) is 5.32. The van der Waals surface area contributed by atoms with Crippen molar-refractivity contribution in [1.29, 1.82) is 5.26 Å². The molecule has 0 spiro atoms. The number of nitriles is 1. The van der Waals surface area contributed by atoms with Gasteiger partial charge in [0.05, 0.1) is 17.4 Å². The minimum absolute atomic E-state index is 0.0266. The molecule has 0 atom stereocenters. The first-order chi connectivity index (χ1) is 14.5. The first-order valence-electron chi connectivity index (χ1n) is 10.2. The average molecular weight is 426 g/mol. The summed E-state index contributed by atoms with van der Waals surface area (Å²) in [7, 11) is -3.42. The van der Waals surface area contributed by atoms with E-state index in [-0.39, 0.29) is 11.7 Å². The summed E-state index contributed by atoms with van der Waals surface area (Å²) in [5.74, 6) is -0.700. The Morgan fingerprint density at radius 3 is 2.40 bits per heavy atom. The van der Waals surface area contributed by atoms with Gasteiger partial charge in [0.25, 0.3) is 0 Å². The largest absolute Gasteiger partial charge is 0.370 e. The van der Waals surface area contributed by atoms with Gasteiger partial charge in [-0.3, -0.25) is 4.79 Å². The van der Waals surface area contributed by atoms with Gasteiger partial charge >= 0.3 is 0 Å². The Balaban J connectivity index is 1.49. The molecule has 7 heteroatoms. The monoisotopic (exact) mass is 425 g/mol. The quantitative estimate of drug-likeness (QED) is 0.681. The number of hydrogen-bond donors (Lipinski definition) is 0. The highest BCUT2D eigenvalue weighted by Gasteiger charge is 2.24. The summed E-state index contributed by atoms with van der Waals surface area (Å²) in [5.41, 5.74) is 2.73. The lowest BCUT2D eigenvalue weighted by Crippen LogP contribution is -2.39. The summed E-state index contributed by atoms with van der Waals surface area (Å²) in [4.78, 5) is 16.5. The molecule has 158 valence electrons. The van der Waals surface area contributed by atoms with E-state index in [9.17, 15) is 13.2 Å². The SMILES string of the molecule is N#Cc1ccc(N2CCCN(C(=O)CS(=O)(=O)CCCc3ccccc3)CC2)cc1. The standard InChI is InChI=1S/C23H27N3O3S/c24-18-21-9-11-22(12-10-21)25-13-5-14-26(16-15-25)23(27)19-30(28,29)17-4-8-20-6-2-1-3-7-20/h1-3,6-7,9-12H,4-5,8,13-17,19H2. The van der Waals surface area contributed by atoms with Crippen molar-refractivity contribution in [1.82, 2.24) is 4.90 Å². The summed E-state index contributed by atoms with van der Waals surface area (Å²) in [6, 6.07) is 19.3. The molecular weight excluding hydrogens is 398 g/mol. The Labute approximate surface area is 178 Å². The Morgan fingerprint density at radius 1 is 0.967 bits per heavy atom. The van der Waals surface area contributed by atoms with Crippen LogP contribution >= 0.6 is 0 Å². The van der Waals surface area contributed by atoms with Crippen LogP contribution in [0.3, 0.4) is 0 Å². The lowest BCUT2D eigenvalue weighted by molar-refractivity contribution is -0.128. The fourth-order valence-corrected chi connectivity index (χ4v) is 4.95. The van der Waals surface area contributed by atoms with E-state index in [0.717, 1.165) is 24.2 Å². The van der Waals surface area contributed by atoms with E-state index in [1.54, 1.807) is 17.0 Å². The van der Waals surface area contributed by atoms with Gasteiger partial charge in [-0.1, -0.05) is 30.3 Å². The second-order valence-corrected chi connectivity index (χ2v) is 9.75. The lowest BCUT2D eigenvalue weighted by atomic mass is 10.1. The van der Waals surface area contributed by atoms with Gasteiger partial charge in [-0.25, -0.2) is 8.42 Å². The molecule has 0 aromatic heterocycles. The topological polar surface area (TPSA) is 81.5 Å². The van der Waals surface area contributed by atoms with Crippen LogP contribution in [0.25, 0.3) is 0 Å². The number of sulfone groups is 1. The molecule has 1 amide bonds. The van der Waals surface area contributed by atoms with Gasteiger partial charge in [0.2, 0.25) is 5.91 Å². The highest BCUT2D eigenvalue weighted by molar-refractivity contribution is 7.92. The molecule has 0 N–H and O–H groups in total. The van der Waals surface area contributed by atoms with Crippen molar-refractivity contribution in [3.63, 3.8) is 0 Å². The van der Waals surface area contributed by atoms with Crippen molar-refractivity contribution in [3.05, 3.63) is 65.7 Å². The van der Waals surface area contributed by atoms with Crippen molar-refractivity contribution in [2.75, 3.05) is 42.6 Å². The molecule has 3 rings (SSSR count). The smallest absolute Gasteiger partial charge is 0.237 e. The molecule has 1 saturated heterocycles. The van der Waals surface area contributed by atoms with Crippen LogP contribution in [0.4, 0.5) is 5.69 Å². The van der Waals surface area contributed by atoms with Gasteiger partial charge in [-0.15, -0.1) is 0 Å². The van der Waals surface area contributed by atoms with E-state index >= 15 is 0 Å². The highest BCUT2D eigenvalue weighted by atomic mass is 32.2. The van der Waals surface area contributed by atoms with Crippen LogP contribution in [0, 0.1) is 11.3 Å². The first-order valence-corrected chi connectivity index (χ1v) is 12.1. The van der Waals surface area contributed by atoms with Crippen LogP contribution < -0.4 is 4.90 Å². The minimum Gasteiger partial charge on any atom is -0.370 e. The summed E-state index contributed by atoms with van der Waals surface area (Å²) < 4.78 is 24.8. The van der Waals surface area contributed by atoms with Crippen molar-refractivity contribution in [2.45, 2.75) is 19.3 Å². The third kappa shape index (κ3) is 6.33. The molecule has 0 bridgehead atoms. The number of hydrogen-bond acceptors (Lipinski definition) is 5. The number of carbonyl (C=O) groups excluding carboxylic acids is 1. The maximum absolute atomic E-state index is 12.6. The van der Waals surface area contributed by atoms with Gasteiger partial charge in [0, 0.05) is 31.9 Å². The normalized spacial score (nSPS) is 14.8. The number of nitrogens with zero attached hydrogens (tertiary/aromatic N) is 3. The zero-order valence-electron chi connectivity index (χ0n) is 17.0. The second kappa shape index (κ2) is 10.3. The van der Waals surface area contributed by atoms with Crippen LogP contribution in [-0.4, -0.2) is 56.9 Å². The molecule has 1 aliphatic rings. The second-order valence-electron chi connectivity index (χ2n) is 7.56. The number of benzene rings is 2. The first kappa shape index (κ1) is 21.8. The van der Waals surface area contributed by atoms with Crippen LogP contribution in [-0.2, 0) is 21.1 Å². The van der Waals surface area contributed by atoms with E-state index < -0.39 is 15.6 Å². The molecule has 0 saturated carbocycles. The highest BCUT2D eigenvalue weighted by Crippen LogP contribution is 2.17. The van der Waals surface area contributed by atoms with Gasteiger partial charge in [-0.2, -0.15) is 5.26 Å². The molecule has 0 radical (unpaired) electrons. The van der Waals surface area contributed by atoms with Crippen molar-refractivity contribution in [3.8, 4) is 6.07 Å². The summed E-state index contributed by atoms with van der Waals surface area (Å²) >= 11 is 0. The third-order valence-corrected chi connectivity index (χ3v) is 6.91. The van der Waals surface area contributed by atoms with E-state index in [2.05, 4.69) is 11.0 Å². The maximum Gasteiger partial charge on any atom is 0.237 e. The number of aryl methyl sites for hydroxylation is 1. The Hall–Kier alpha value is -2.85. The number of rotatable bonds is 7. The van der Waals surface area contributed by atoms with Crippen LogP contribution in [0.2, 0.25) is 0 Å². The van der Waals surface area contributed by atoms with E-state index in [0.29, 0.717) is 38.0 Å². The fraction of sp³-hybridized carbons (Fsp3) is 0.391. The summed E-state index contributed by atoms with van der Waals surface area (Å²) in [5, 5.41) is 8.93. The Kier molecular flexibility index (Phi) is 7.47. The van der Waals surface area contributed by atoms with E-state index in [1.165, 1.54) is 0 Å². The predicted octanol–water partition coefficient (Wildman–Crippen LogP) is 2.64. The molecule has 1 heterocycles. The molecule has 2 aromatic carbocycles. The van der Waals surface area contributed by atoms with Gasteiger partial charge in [0.15, 0.2) is 9.84 Å². The molecule has 1 fully saturated rings. The minimum atomic E-state index is -3.42. The van der Waals surface area contributed by atoms with Crippen molar-refractivity contribution < 1.29 is 13.2 Å². The molecular formula is C23H27N3O3S. The average Bonchev–Trinajstić information content (AvgIpc) is 3.00. The van der Waals surface area contributed by atoms with Crippen molar-refractivity contribution in [2.24, 2.45) is 0 Å². The molecule has 6 nitrogen and oxygen atoms in total. The summed E-state index contributed by atoms with van der Waals surface area (Å²) in [6.07, 6.45) is 1.99. The van der Waals surface area contributed by atoms with E-state index in [4.69, 9.17) is 5.26 Å². The molecule has 0 unspecified atom stereocenters.